The number of aliphatic hydroxyl groups excluding tert-OH is 1. The molecule has 9 heteroatoms. The molecule has 4 rings (SSSR count). The van der Waals surface area contributed by atoms with E-state index >= 15 is 0 Å². The summed E-state index contributed by atoms with van der Waals surface area (Å²) < 4.78 is 5.50. The first-order valence-electron chi connectivity index (χ1n) is 13.2. The number of carbonyl (C=O) groups is 2. The average Bonchev–Trinajstić information content (AvgIpc) is 2.93. The normalized spacial score (nSPS) is 17.9. The van der Waals surface area contributed by atoms with Crippen molar-refractivity contribution in [2.24, 2.45) is 11.8 Å². The Bertz CT molecular complexity index is 1080. The standard InChI is InChI=1S/C28H37ClN4O4/c1-3-37-22-6-4-5-21(18-22)25(34)28(36)33-15-11-20(12-16-33)17-19-9-13-32(14-10-19)24-8-7-23(26(29)31-24)27(35)30-2/h4-8,18-20,25,34H,3,9-17H2,1-2H3,(H,30,35). The van der Waals surface area contributed by atoms with Crippen LogP contribution >= 0.6 is 11.6 Å². The van der Waals surface area contributed by atoms with Gasteiger partial charge in [0.25, 0.3) is 11.8 Å². The third-order valence-corrected chi connectivity index (χ3v) is 7.84. The van der Waals surface area contributed by atoms with E-state index in [1.54, 1.807) is 36.2 Å². The van der Waals surface area contributed by atoms with E-state index in [4.69, 9.17) is 16.3 Å². The number of ether oxygens (including phenoxy) is 1. The predicted molar refractivity (Wildman–Crippen MR) is 144 cm³/mol. The number of nitrogens with one attached hydrogen (secondary N) is 1. The van der Waals surface area contributed by atoms with Gasteiger partial charge in [-0.2, -0.15) is 0 Å². The molecule has 2 fully saturated rings. The number of aromatic nitrogens is 1. The Morgan fingerprint density at radius 3 is 2.41 bits per heavy atom. The van der Waals surface area contributed by atoms with Crippen molar-refractivity contribution in [2.75, 3.05) is 44.7 Å². The predicted octanol–water partition coefficient (Wildman–Crippen LogP) is 4.07. The summed E-state index contributed by atoms with van der Waals surface area (Å²) in [7, 11) is 1.58. The van der Waals surface area contributed by atoms with Crippen LogP contribution in [-0.2, 0) is 4.79 Å². The van der Waals surface area contributed by atoms with Crippen LogP contribution in [0.15, 0.2) is 36.4 Å². The topological polar surface area (TPSA) is 95.0 Å². The summed E-state index contributed by atoms with van der Waals surface area (Å²) in [6.07, 6.45) is 4.12. The largest absolute Gasteiger partial charge is 0.494 e. The molecule has 2 aromatic rings. The van der Waals surface area contributed by atoms with Crippen molar-refractivity contribution >= 4 is 29.2 Å². The first-order valence-corrected chi connectivity index (χ1v) is 13.6. The van der Waals surface area contributed by atoms with Crippen LogP contribution in [0, 0.1) is 11.8 Å². The van der Waals surface area contributed by atoms with Gasteiger partial charge in [0.05, 0.1) is 12.2 Å². The number of aliphatic hydroxyl groups is 1. The Morgan fingerprint density at radius 1 is 1.11 bits per heavy atom. The van der Waals surface area contributed by atoms with Crippen molar-refractivity contribution in [3.8, 4) is 5.75 Å². The number of piperidine rings is 2. The van der Waals surface area contributed by atoms with Gasteiger partial charge < -0.3 is 25.0 Å². The number of hydrogen-bond acceptors (Lipinski definition) is 6. The number of rotatable bonds is 8. The quantitative estimate of drug-likeness (QED) is 0.501. The van der Waals surface area contributed by atoms with Gasteiger partial charge in [0.15, 0.2) is 6.10 Å². The van der Waals surface area contributed by atoms with Gasteiger partial charge in [-0.15, -0.1) is 0 Å². The maximum Gasteiger partial charge on any atom is 0.256 e. The van der Waals surface area contributed by atoms with Crippen LogP contribution in [-0.4, -0.2) is 66.6 Å². The number of likely N-dealkylation sites (tertiary alicyclic amines) is 1. The molecule has 1 atom stereocenters. The second-order valence-corrected chi connectivity index (χ2v) is 10.3. The fourth-order valence-corrected chi connectivity index (χ4v) is 5.66. The average molecular weight is 529 g/mol. The monoisotopic (exact) mass is 528 g/mol. The Kier molecular flexibility index (Phi) is 9.27. The lowest BCUT2D eigenvalue weighted by molar-refractivity contribution is -0.142. The number of benzene rings is 1. The van der Waals surface area contributed by atoms with Gasteiger partial charge in [-0.25, -0.2) is 4.98 Å². The smallest absolute Gasteiger partial charge is 0.256 e. The summed E-state index contributed by atoms with van der Waals surface area (Å²) in [6.45, 7) is 5.64. The second-order valence-electron chi connectivity index (χ2n) is 9.93. The number of carbonyl (C=O) groups excluding carboxylic acids is 2. The number of hydrogen-bond donors (Lipinski definition) is 2. The zero-order valence-corrected chi connectivity index (χ0v) is 22.4. The van der Waals surface area contributed by atoms with Gasteiger partial charge >= 0.3 is 0 Å². The molecule has 0 aliphatic carbocycles. The van der Waals surface area contributed by atoms with Gasteiger partial charge in [0.1, 0.15) is 16.7 Å². The molecule has 2 aliphatic rings. The molecule has 2 amide bonds. The van der Waals surface area contributed by atoms with Crippen LogP contribution in [0.4, 0.5) is 5.82 Å². The fourth-order valence-electron chi connectivity index (χ4n) is 5.42. The lowest BCUT2D eigenvalue weighted by atomic mass is 9.82. The molecule has 0 saturated carbocycles. The number of halogens is 1. The first-order chi connectivity index (χ1) is 17.9. The minimum Gasteiger partial charge on any atom is -0.494 e. The molecule has 1 aromatic heterocycles. The van der Waals surface area contributed by atoms with Crippen molar-refractivity contribution in [2.45, 2.75) is 45.1 Å². The summed E-state index contributed by atoms with van der Waals surface area (Å²) in [5.74, 6) is 2.26. The maximum atomic E-state index is 12.9. The molecule has 3 heterocycles. The first kappa shape index (κ1) is 27.2. The fraction of sp³-hybridized carbons (Fsp3) is 0.536. The number of pyridine rings is 1. The molecular weight excluding hydrogens is 492 g/mol. The zero-order valence-electron chi connectivity index (χ0n) is 21.7. The van der Waals surface area contributed by atoms with Crippen molar-refractivity contribution in [3.63, 3.8) is 0 Å². The zero-order chi connectivity index (χ0) is 26.4. The van der Waals surface area contributed by atoms with Gasteiger partial charge in [-0.05, 0) is 80.7 Å². The highest BCUT2D eigenvalue weighted by atomic mass is 35.5. The second kappa shape index (κ2) is 12.6. The van der Waals surface area contributed by atoms with Crippen LogP contribution in [0.25, 0.3) is 0 Å². The van der Waals surface area contributed by atoms with Crippen molar-refractivity contribution in [3.05, 3.63) is 52.7 Å². The molecule has 0 spiro atoms. The van der Waals surface area contributed by atoms with Gasteiger partial charge in [0.2, 0.25) is 0 Å². The highest BCUT2D eigenvalue weighted by Crippen LogP contribution is 2.32. The summed E-state index contributed by atoms with van der Waals surface area (Å²) >= 11 is 6.24. The van der Waals surface area contributed by atoms with Crippen LogP contribution in [0.2, 0.25) is 5.15 Å². The van der Waals surface area contributed by atoms with Crippen LogP contribution in [0.1, 0.15) is 61.1 Å². The number of anilines is 1. The van der Waals surface area contributed by atoms with E-state index in [1.807, 2.05) is 19.1 Å². The van der Waals surface area contributed by atoms with E-state index in [9.17, 15) is 14.7 Å². The molecule has 0 bridgehead atoms. The van der Waals surface area contributed by atoms with Crippen molar-refractivity contribution in [1.82, 2.24) is 15.2 Å². The van der Waals surface area contributed by atoms with E-state index in [0.29, 0.717) is 48.4 Å². The van der Waals surface area contributed by atoms with Crippen molar-refractivity contribution < 1.29 is 19.4 Å². The minimum absolute atomic E-state index is 0.228. The molecule has 2 N–H and O–H groups in total. The molecule has 1 aromatic carbocycles. The van der Waals surface area contributed by atoms with Gasteiger partial charge in [0, 0.05) is 33.2 Å². The third kappa shape index (κ3) is 6.73. The van der Waals surface area contributed by atoms with Gasteiger partial charge in [-0.3, -0.25) is 9.59 Å². The molecule has 2 aliphatic heterocycles. The summed E-state index contributed by atoms with van der Waals surface area (Å²) in [4.78, 5) is 33.3. The molecule has 200 valence electrons. The van der Waals surface area contributed by atoms with E-state index in [1.165, 1.54) is 6.42 Å². The SMILES string of the molecule is CCOc1cccc(C(O)C(=O)N2CCC(CC3CCN(c4ccc(C(=O)NC)c(Cl)n4)CC3)CC2)c1. The van der Waals surface area contributed by atoms with Crippen LogP contribution in [0.5, 0.6) is 5.75 Å². The molecule has 37 heavy (non-hydrogen) atoms. The number of amides is 2. The maximum absolute atomic E-state index is 12.9. The summed E-state index contributed by atoms with van der Waals surface area (Å²) in [5.41, 5.74) is 0.961. The Hall–Kier alpha value is -2.84. The van der Waals surface area contributed by atoms with E-state index in [2.05, 4.69) is 15.2 Å². The molecular formula is C28H37ClN4O4. The number of nitrogens with zero attached hydrogens (tertiary/aromatic N) is 3. The molecule has 8 nitrogen and oxygen atoms in total. The third-order valence-electron chi connectivity index (χ3n) is 7.56. The van der Waals surface area contributed by atoms with Crippen LogP contribution in [0.3, 0.4) is 0 Å². The summed E-state index contributed by atoms with van der Waals surface area (Å²) in [5, 5.41) is 13.5. The van der Waals surface area contributed by atoms with Gasteiger partial charge in [-0.1, -0.05) is 23.7 Å². The molecule has 2 saturated heterocycles. The molecule has 1 unspecified atom stereocenters. The Morgan fingerprint density at radius 2 is 1.78 bits per heavy atom. The lowest BCUT2D eigenvalue weighted by Gasteiger charge is -2.37. The van der Waals surface area contributed by atoms with Crippen molar-refractivity contribution in [1.29, 1.82) is 0 Å². The highest BCUT2D eigenvalue weighted by molar-refractivity contribution is 6.32. The van der Waals surface area contributed by atoms with E-state index < -0.39 is 6.10 Å². The lowest BCUT2D eigenvalue weighted by Crippen LogP contribution is -2.42. The minimum atomic E-state index is -1.16. The Labute approximate surface area is 224 Å². The van der Waals surface area contributed by atoms with E-state index in [0.717, 1.165) is 44.6 Å². The van der Waals surface area contributed by atoms with E-state index in [-0.39, 0.29) is 17.0 Å². The highest BCUT2D eigenvalue weighted by Gasteiger charge is 2.30. The molecule has 0 radical (unpaired) electrons. The van der Waals surface area contributed by atoms with Crippen LogP contribution < -0.4 is 15.0 Å². The Balaban J connectivity index is 1.22. The summed E-state index contributed by atoms with van der Waals surface area (Å²) in [6, 6.07) is 10.7.